The van der Waals surface area contributed by atoms with Crippen LogP contribution in [0.15, 0.2) is 79.1 Å². The number of ether oxygens (including phenoxy) is 2. The summed E-state index contributed by atoms with van der Waals surface area (Å²) in [6.07, 6.45) is 7.31. The third kappa shape index (κ3) is 8.59. The highest BCUT2D eigenvalue weighted by atomic mass is 16.5. The maximum absolute atomic E-state index is 13.4. The van der Waals surface area contributed by atoms with E-state index in [1.807, 2.05) is 55.4 Å². The quantitative estimate of drug-likeness (QED) is 0.0692. The minimum absolute atomic E-state index is 0.00527. The van der Waals surface area contributed by atoms with Crippen molar-refractivity contribution in [2.75, 3.05) is 53.8 Å². The van der Waals surface area contributed by atoms with E-state index in [-0.39, 0.29) is 42.7 Å². The zero-order chi connectivity index (χ0) is 40.2. The highest BCUT2D eigenvalue weighted by Gasteiger charge is 2.32. The van der Waals surface area contributed by atoms with Crippen molar-refractivity contribution in [3.8, 4) is 22.6 Å². The molecule has 4 heterocycles. The van der Waals surface area contributed by atoms with Crippen LogP contribution in [0, 0.1) is 6.92 Å². The van der Waals surface area contributed by atoms with E-state index < -0.39 is 0 Å². The van der Waals surface area contributed by atoms with Crippen molar-refractivity contribution < 1.29 is 28.7 Å². The van der Waals surface area contributed by atoms with Crippen molar-refractivity contribution in [1.29, 1.82) is 0 Å². The second kappa shape index (κ2) is 16.6. The zero-order valence-electron chi connectivity index (χ0n) is 32.6. The van der Waals surface area contributed by atoms with Crippen LogP contribution in [0.4, 0.5) is 28.4 Å². The molecule has 2 aromatic heterocycles. The van der Waals surface area contributed by atoms with Crippen molar-refractivity contribution in [3.63, 3.8) is 0 Å². The normalized spacial score (nSPS) is 14.8. The number of carbonyl (C=O) groups excluding carboxylic acids is 4. The SMILES string of the molecule is COc1cc2c(cc1OCCCC(=O)Nc1cc(C(=O)Nc3ccc(-c4cc(C(=O)Nc5ccc(N)cc5)n(C)c4)cc3C)n(C)c1)NC[C@@H]1CCCCN1C2=O. The van der Waals surface area contributed by atoms with Gasteiger partial charge in [-0.05, 0) is 98.3 Å². The van der Waals surface area contributed by atoms with Gasteiger partial charge in [0.15, 0.2) is 11.5 Å². The highest BCUT2D eigenvalue weighted by molar-refractivity contribution is 6.06. The Kier molecular flexibility index (Phi) is 11.2. The third-order valence-electron chi connectivity index (χ3n) is 10.5. The van der Waals surface area contributed by atoms with E-state index in [4.69, 9.17) is 15.2 Å². The van der Waals surface area contributed by atoms with Crippen LogP contribution in [0.1, 0.15) is 69.0 Å². The number of nitrogens with two attached hydrogens (primary N) is 1. The molecule has 1 fully saturated rings. The molecular weight excluding hydrogens is 725 g/mol. The van der Waals surface area contributed by atoms with E-state index in [9.17, 15) is 19.2 Å². The number of fused-ring (bicyclic) bond motifs is 2. The Labute approximate surface area is 331 Å². The first-order chi connectivity index (χ1) is 27.5. The van der Waals surface area contributed by atoms with Crippen molar-refractivity contribution in [3.05, 3.63) is 102 Å². The Morgan fingerprint density at radius 2 is 1.60 bits per heavy atom. The minimum Gasteiger partial charge on any atom is -0.493 e. The molecule has 0 radical (unpaired) electrons. The Bertz CT molecular complexity index is 2330. The summed E-state index contributed by atoms with van der Waals surface area (Å²) >= 11 is 0. The number of aromatic nitrogens is 2. The fourth-order valence-electron chi connectivity index (χ4n) is 7.39. The average molecular weight is 773 g/mol. The molecule has 0 bridgehead atoms. The van der Waals surface area contributed by atoms with E-state index in [1.54, 1.807) is 65.9 Å². The molecule has 0 unspecified atom stereocenters. The number of nitrogens with one attached hydrogen (secondary N) is 4. The van der Waals surface area contributed by atoms with Crippen LogP contribution in [0.2, 0.25) is 0 Å². The van der Waals surface area contributed by atoms with Gasteiger partial charge in [0.1, 0.15) is 11.4 Å². The molecular formula is C43H48N8O6. The summed E-state index contributed by atoms with van der Waals surface area (Å²) in [5, 5.41) is 12.2. The number of hydrogen-bond acceptors (Lipinski definition) is 8. The van der Waals surface area contributed by atoms with Gasteiger partial charge >= 0.3 is 0 Å². The van der Waals surface area contributed by atoms with Crippen LogP contribution in [0.3, 0.4) is 0 Å². The molecule has 14 heteroatoms. The number of carbonyl (C=O) groups is 4. The lowest BCUT2D eigenvalue weighted by Crippen LogP contribution is -2.45. The lowest BCUT2D eigenvalue weighted by molar-refractivity contribution is -0.116. The number of methoxy groups -OCH3 is 1. The molecule has 1 atom stereocenters. The van der Waals surface area contributed by atoms with E-state index in [2.05, 4.69) is 21.3 Å². The molecule has 57 heavy (non-hydrogen) atoms. The Hall–Kier alpha value is -6.70. The number of aryl methyl sites for hydroxylation is 3. The Morgan fingerprint density at radius 1 is 0.842 bits per heavy atom. The van der Waals surface area contributed by atoms with E-state index in [0.717, 1.165) is 48.2 Å². The summed E-state index contributed by atoms with van der Waals surface area (Å²) in [4.78, 5) is 54.5. The number of nitrogens with zero attached hydrogens (tertiary/aromatic N) is 3. The molecule has 6 N–H and O–H groups in total. The standard InChI is InChI=1S/C43H48N8O6/c1-26-18-27(28-19-36(49(2)24-28)41(53)47-30-13-11-29(44)12-14-30)10-15-34(26)48-42(54)37-20-31(25-50(37)3)46-40(52)9-7-17-57-39-22-35-33(21-38(39)56-4)43(55)51-16-6-5-8-32(51)23-45-35/h10-15,18-22,24-25,32,45H,5-9,16-17,23,44H2,1-4H3,(H,46,52)(H,47,53)(H,48,54)/t32-/m0/s1. The maximum atomic E-state index is 13.4. The first-order valence-electron chi connectivity index (χ1n) is 19.1. The molecule has 7 rings (SSSR count). The highest BCUT2D eigenvalue weighted by Crippen LogP contribution is 2.37. The third-order valence-corrected chi connectivity index (χ3v) is 10.5. The van der Waals surface area contributed by atoms with E-state index in [0.29, 0.717) is 64.2 Å². The lowest BCUT2D eigenvalue weighted by atomic mass is 10.0. The molecule has 5 aromatic rings. The van der Waals surface area contributed by atoms with Gasteiger partial charge in [0, 0.05) is 80.7 Å². The predicted octanol–water partition coefficient (Wildman–Crippen LogP) is 6.65. The van der Waals surface area contributed by atoms with E-state index >= 15 is 0 Å². The molecule has 296 valence electrons. The first-order valence-corrected chi connectivity index (χ1v) is 19.1. The molecule has 14 nitrogen and oxygen atoms in total. The minimum atomic E-state index is -0.328. The first kappa shape index (κ1) is 38.6. The molecule has 2 aliphatic rings. The van der Waals surface area contributed by atoms with Crippen molar-refractivity contribution in [2.45, 2.75) is 45.1 Å². The van der Waals surface area contributed by atoms with Crippen LogP contribution in [0.5, 0.6) is 11.5 Å². The lowest BCUT2D eigenvalue weighted by Gasteiger charge is -2.34. The molecule has 1 saturated heterocycles. The van der Waals surface area contributed by atoms with Crippen molar-refractivity contribution in [1.82, 2.24) is 14.0 Å². The van der Waals surface area contributed by atoms with Crippen LogP contribution in [0.25, 0.3) is 11.1 Å². The van der Waals surface area contributed by atoms with Crippen LogP contribution in [-0.2, 0) is 18.9 Å². The number of benzene rings is 3. The van der Waals surface area contributed by atoms with Gasteiger partial charge in [-0.2, -0.15) is 0 Å². The van der Waals surface area contributed by atoms with Gasteiger partial charge in [0.25, 0.3) is 17.7 Å². The van der Waals surface area contributed by atoms with Crippen LogP contribution < -0.4 is 36.5 Å². The number of anilines is 5. The summed E-state index contributed by atoms with van der Waals surface area (Å²) in [7, 11) is 5.10. The second-order valence-electron chi connectivity index (χ2n) is 14.6. The second-order valence-corrected chi connectivity index (χ2v) is 14.6. The Morgan fingerprint density at radius 3 is 2.37 bits per heavy atom. The zero-order valence-corrected chi connectivity index (χ0v) is 32.6. The number of piperidine rings is 1. The van der Waals surface area contributed by atoms with E-state index in [1.165, 1.54) is 0 Å². The van der Waals surface area contributed by atoms with Crippen molar-refractivity contribution in [2.24, 2.45) is 14.1 Å². The van der Waals surface area contributed by atoms with Gasteiger partial charge in [-0.1, -0.05) is 6.07 Å². The van der Waals surface area contributed by atoms with Gasteiger partial charge in [0.05, 0.1) is 30.7 Å². The number of rotatable bonds is 12. The largest absolute Gasteiger partial charge is 0.493 e. The number of nitrogen functional groups attached to an aromatic ring is 1. The van der Waals surface area contributed by atoms with Gasteiger partial charge < -0.3 is 50.5 Å². The summed E-state index contributed by atoms with van der Waals surface area (Å²) in [5.74, 6) is 0.188. The summed E-state index contributed by atoms with van der Waals surface area (Å²) < 4.78 is 15.0. The van der Waals surface area contributed by atoms with Gasteiger partial charge in [-0.15, -0.1) is 0 Å². The molecule has 4 amide bonds. The van der Waals surface area contributed by atoms with Gasteiger partial charge in [-0.25, -0.2) is 0 Å². The topological polar surface area (TPSA) is 174 Å². The fourth-order valence-corrected chi connectivity index (χ4v) is 7.39. The van der Waals surface area contributed by atoms with Crippen LogP contribution >= 0.6 is 0 Å². The maximum Gasteiger partial charge on any atom is 0.272 e. The predicted molar refractivity (Wildman–Crippen MR) is 221 cm³/mol. The summed E-state index contributed by atoms with van der Waals surface area (Å²) in [6, 6.07) is 19.8. The fraction of sp³-hybridized carbons (Fsp3) is 0.302. The Balaban J connectivity index is 0.911. The van der Waals surface area contributed by atoms with Crippen LogP contribution in [-0.4, -0.2) is 70.5 Å². The summed E-state index contributed by atoms with van der Waals surface area (Å²) in [5.41, 5.74) is 12.9. The number of amides is 4. The smallest absolute Gasteiger partial charge is 0.272 e. The molecule has 2 aliphatic heterocycles. The number of hydrogen-bond donors (Lipinski definition) is 5. The average Bonchev–Trinajstić information content (AvgIpc) is 3.74. The molecule has 3 aromatic carbocycles. The summed E-state index contributed by atoms with van der Waals surface area (Å²) in [6.45, 7) is 3.61. The van der Waals surface area contributed by atoms with Gasteiger partial charge in [0.2, 0.25) is 5.91 Å². The molecule has 0 aliphatic carbocycles. The van der Waals surface area contributed by atoms with Gasteiger partial charge in [-0.3, -0.25) is 19.2 Å². The van der Waals surface area contributed by atoms with Crippen molar-refractivity contribution >= 4 is 52.1 Å². The monoisotopic (exact) mass is 772 g/mol. The molecule has 0 saturated carbocycles. The molecule has 0 spiro atoms.